The van der Waals surface area contributed by atoms with Crippen molar-refractivity contribution in [3.63, 3.8) is 0 Å². The first-order valence-electron chi connectivity index (χ1n) is 6.88. The second-order valence-electron chi connectivity index (χ2n) is 6.68. The zero-order valence-corrected chi connectivity index (χ0v) is 14.0. The Kier molecular flexibility index (Phi) is 7.49. The molecule has 0 radical (unpaired) electrons. The maximum absolute atomic E-state index is 11.7. The largest absolute Gasteiger partial charge is 0.444 e. The summed E-state index contributed by atoms with van der Waals surface area (Å²) in [5, 5.41) is 5.22. The summed E-state index contributed by atoms with van der Waals surface area (Å²) in [5.41, 5.74) is -1.15. The van der Waals surface area contributed by atoms with Gasteiger partial charge in [0.25, 0.3) is 0 Å². The topological polar surface area (TPSA) is 85.9 Å². The maximum atomic E-state index is 11.7. The van der Waals surface area contributed by atoms with Crippen molar-refractivity contribution < 1.29 is 23.8 Å². The predicted molar refractivity (Wildman–Crippen MR) is 79.3 cm³/mol. The van der Waals surface area contributed by atoms with E-state index in [0.29, 0.717) is 0 Å². The van der Waals surface area contributed by atoms with Crippen molar-refractivity contribution in [3.05, 3.63) is 0 Å². The Morgan fingerprint density at radius 2 is 1.43 bits per heavy atom. The number of alkyl carbamates (subject to hydrolysis) is 2. The summed E-state index contributed by atoms with van der Waals surface area (Å²) in [6.45, 7) is 11.1. The van der Waals surface area contributed by atoms with Gasteiger partial charge in [0.05, 0.1) is 12.6 Å². The lowest BCUT2D eigenvalue weighted by molar-refractivity contribution is 0.0427. The molecule has 0 aliphatic heterocycles. The average Bonchev–Trinajstić information content (AvgIpc) is 2.21. The van der Waals surface area contributed by atoms with Gasteiger partial charge in [-0.2, -0.15) is 0 Å². The molecule has 0 saturated heterocycles. The van der Waals surface area contributed by atoms with E-state index >= 15 is 0 Å². The van der Waals surface area contributed by atoms with E-state index in [1.165, 1.54) is 7.11 Å². The Bertz CT molecular complexity index is 344. The lowest BCUT2D eigenvalue weighted by Gasteiger charge is -2.24. The first-order chi connectivity index (χ1) is 9.43. The Balaban J connectivity index is 4.31. The van der Waals surface area contributed by atoms with E-state index in [9.17, 15) is 9.59 Å². The number of rotatable bonds is 5. The van der Waals surface area contributed by atoms with E-state index in [1.54, 1.807) is 41.5 Å². The Morgan fingerprint density at radius 3 is 1.86 bits per heavy atom. The first kappa shape index (κ1) is 19.5. The van der Waals surface area contributed by atoms with Crippen LogP contribution >= 0.6 is 0 Å². The lowest BCUT2D eigenvalue weighted by atomic mass is 10.2. The third-order valence-electron chi connectivity index (χ3n) is 1.98. The van der Waals surface area contributed by atoms with Crippen LogP contribution in [0.15, 0.2) is 0 Å². The molecule has 0 heterocycles. The smallest absolute Gasteiger partial charge is 0.408 e. The Labute approximate surface area is 126 Å². The monoisotopic (exact) mass is 304 g/mol. The number of amides is 2. The maximum Gasteiger partial charge on any atom is 0.408 e. The fraction of sp³-hybridized carbons (Fsp3) is 0.857. The van der Waals surface area contributed by atoms with Crippen LogP contribution in [0.3, 0.4) is 0 Å². The zero-order valence-electron chi connectivity index (χ0n) is 14.0. The lowest BCUT2D eigenvalue weighted by Crippen LogP contribution is -2.48. The SMILES string of the molecule is COCC(CNC(=O)OC(C)(C)C)NC(=O)OC(C)(C)C. The quantitative estimate of drug-likeness (QED) is 0.812. The zero-order chi connectivity index (χ0) is 16.7. The summed E-state index contributed by atoms with van der Waals surface area (Å²) in [4.78, 5) is 23.2. The van der Waals surface area contributed by atoms with Crippen LogP contribution in [-0.2, 0) is 14.2 Å². The van der Waals surface area contributed by atoms with Crippen LogP contribution in [0.5, 0.6) is 0 Å². The fourth-order valence-corrected chi connectivity index (χ4v) is 1.35. The fourth-order valence-electron chi connectivity index (χ4n) is 1.35. The molecule has 124 valence electrons. The van der Waals surface area contributed by atoms with Crippen LogP contribution in [0.4, 0.5) is 9.59 Å². The van der Waals surface area contributed by atoms with Crippen LogP contribution in [0.1, 0.15) is 41.5 Å². The van der Waals surface area contributed by atoms with Crippen LogP contribution in [-0.4, -0.2) is 49.7 Å². The molecule has 1 atom stereocenters. The summed E-state index contributed by atoms with van der Waals surface area (Å²) in [6.07, 6.45) is -1.11. The predicted octanol–water partition coefficient (Wildman–Crippen LogP) is 2.05. The third kappa shape index (κ3) is 12.0. The van der Waals surface area contributed by atoms with E-state index < -0.39 is 29.4 Å². The molecule has 0 aromatic carbocycles. The standard InChI is InChI=1S/C14H28N2O5/c1-13(2,3)20-11(17)15-8-10(9-19-7)16-12(18)21-14(4,5)6/h10H,8-9H2,1-7H3,(H,15,17)(H,16,18). The molecular formula is C14H28N2O5. The third-order valence-corrected chi connectivity index (χ3v) is 1.98. The van der Waals surface area contributed by atoms with Gasteiger partial charge < -0.3 is 24.8 Å². The first-order valence-corrected chi connectivity index (χ1v) is 6.88. The molecule has 0 aliphatic carbocycles. The van der Waals surface area contributed by atoms with Gasteiger partial charge in [0, 0.05) is 13.7 Å². The van der Waals surface area contributed by atoms with Crippen LogP contribution in [0, 0.1) is 0 Å². The summed E-state index contributed by atoms with van der Waals surface area (Å²) in [7, 11) is 1.51. The molecule has 0 aliphatic rings. The van der Waals surface area contributed by atoms with Crippen LogP contribution in [0.2, 0.25) is 0 Å². The number of hydrogen-bond acceptors (Lipinski definition) is 5. The molecule has 0 saturated carbocycles. The second-order valence-corrected chi connectivity index (χ2v) is 6.68. The van der Waals surface area contributed by atoms with Crippen molar-refractivity contribution in [1.29, 1.82) is 0 Å². The van der Waals surface area contributed by atoms with Crippen molar-refractivity contribution in [1.82, 2.24) is 10.6 Å². The molecule has 2 N–H and O–H groups in total. The van der Waals surface area contributed by atoms with Gasteiger partial charge in [0.1, 0.15) is 11.2 Å². The molecule has 7 nitrogen and oxygen atoms in total. The highest BCUT2D eigenvalue weighted by Crippen LogP contribution is 2.07. The Hall–Kier alpha value is -1.50. The van der Waals surface area contributed by atoms with Gasteiger partial charge in [-0.1, -0.05) is 0 Å². The van der Waals surface area contributed by atoms with Crippen molar-refractivity contribution in [2.24, 2.45) is 0 Å². The van der Waals surface area contributed by atoms with Gasteiger partial charge in [0.15, 0.2) is 0 Å². The van der Waals surface area contributed by atoms with Crippen molar-refractivity contribution >= 4 is 12.2 Å². The number of ether oxygens (including phenoxy) is 3. The van der Waals surface area contributed by atoms with Crippen molar-refractivity contribution in [2.45, 2.75) is 58.8 Å². The number of carbonyl (C=O) groups excluding carboxylic acids is 2. The van der Waals surface area contributed by atoms with Gasteiger partial charge in [0.2, 0.25) is 0 Å². The van der Waals surface area contributed by atoms with E-state index in [2.05, 4.69) is 10.6 Å². The van der Waals surface area contributed by atoms with E-state index in [-0.39, 0.29) is 13.2 Å². The molecule has 0 spiro atoms. The highest BCUT2D eigenvalue weighted by atomic mass is 16.6. The summed E-state index contributed by atoms with van der Waals surface area (Å²) < 4.78 is 15.3. The molecule has 0 rings (SSSR count). The Morgan fingerprint density at radius 1 is 0.952 bits per heavy atom. The molecule has 0 bridgehead atoms. The molecule has 2 amide bonds. The molecule has 7 heteroatoms. The van der Waals surface area contributed by atoms with Crippen molar-refractivity contribution in [2.75, 3.05) is 20.3 Å². The highest BCUT2D eigenvalue weighted by molar-refractivity contribution is 5.69. The number of nitrogens with one attached hydrogen (secondary N) is 2. The van der Waals surface area contributed by atoms with Gasteiger partial charge in [-0.3, -0.25) is 0 Å². The van der Waals surface area contributed by atoms with Gasteiger partial charge in [-0.05, 0) is 41.5 Å². The van der Waals surface area contributed by atoms with E-state index in [4.69, 9.17) is 14.2 Å². The minimum atomic E-state index is -0.583. The molecular weight excluding hydrogens is 276 g/mol. The number of carbonyl (C=O) groups is 2. The van der Waals surface area contributed by atoms with Crippen LogP contribution < -0.4 is 10.6 Å². The van der Waals surface area contributed by atoms with Gasteiger partial charge in [-0.25, -0.2) is 9.59 Å². The number of methoxy groups -OCH3 is 1. The summed E-state index contributed by atoms with van der Waals surface area (Å²) in [6, 6.07) is -0.405. The minimum absolute atomic E-state index is 0.183. The minimum Gasteiger partial charge on any atom is -0.444 e. The summed E-state index contributed by atoms with van der Waals surface area (Å²) in [5.74, 6) is 0. The normalized spacial score (nSPS) is 13.3. The van der Waals surface area contributed by atoms with Crippen molar-refractivity contribution in [3.8, 4) is 0 Å². The number of hydrogen-bond donors (Lipinski definition) is 2. The molecule has 1 unspecified atom stereocenters. The van der Waals surface area contributed by atoms with Crippen LogP contribution in [0.25, 0.3) is 0 Å². The molecule has 0 aromatic rings. The van der Waals surface area contributed by atoms with E-state index in [1.807, 2.05) is 0 Å². The van der Waals surface area contributed by atoms with E-state index in [0.717, 1.165) is 0 Å². The van der Waals surface area contributed by atoms with Gasteiger partial charge in [-0.15, -0.1) is 0 Å². The summed E-state index contributed by atoms with van der Waals surface area (Å²) >= 11 is 0. The second kappa shape index (κ2) is 8.07. The molecule has 0 aromatic heterocycles. The molecule has 21 heavy (non-hydrogen) atoms. The average molecular weight is 304 g/mol. The van der Waals surface area contributed by atoms with Gasteiger partial charge >= 0.3 is 12.2 Å². The highest BCUT2D eigenvalue weighted by Gasteiger charge is 2.21. The molecule has 0 fully saturated rings.